The van der Waals surface area contributed by atoms with Gasteiger partial charge in [-0.2, -0.15) is 5.10 Å². The van der Waals surface area contributed by atoms with Gasteiger partial charge in [-0.3, -0.25) is 9.59 Å². The molecule has 0 aliphatic carbocycles. The molecule has 2 N–H and O–H groups in total. The SMILES string of the molecule is Cc1cc(Oc2cnn(C)c(=O)c2Nc2cccc(C(=O)NCCC(C)C)c2)ccc1Cl. The van der Waals surface area contributed by atoms with Crippen LogP contribution in [0.4, 0.5) is 11.4 Å². The average Bonchev–Trinajstić information content (AvgIpc) is 2.76. The van der Waals surface area contributed by atoms with E-state index in [2.05, 4.69) is 29.6 Å². The van der Waals surface area contributed by atoms with Crippen molar-refractivity contribution in [1.82, 2.24) is 15.1 Å². The minimum absolute atomic E-state index is 0.162. The summed E-state index contributed by atoms with van der Waals surface area (Å²) in [5.41, 5.74) is 1.79. The lowest BCUT2D eigenvalue weighted by atomic mass is 10.1. The van der Waals surface area contributed by atoms with Crippen LogP contribution in [0.5, 0.6) is 11.5 Å². The molecule has 0 fully saturated rings. The van der Waals surface area contributed by atoms with Crippen molar-refractivity contribution < 1.29 is 9.53 Å². The summed E-state index contributed by atoms with van der Waals surface area (Å²) in [6.45, 7) is 6.69. The number of carbonyl (C=O) groups is 1. The normalized spacial score (nSPS) is 10.8. The first-order valence-electron chi connectivity index (χ1n) is 10.4. The lowest BCUT2D eigenvalue weighted by molar-refractivity contribution is 0.0952. The minimum atomic E-state index is -0.361. The first-order chi connectivity index (χ1) is 15.2. The fraction of sp³-hybridized carbons (Fsp3) is 0.292. The number of nitrogens with zero attached hydrogens (tertiary/aromatic N) is 2. The summed E-state index contributed by atoms with van der Waals surface area (Å²) in [7, 11) is 1.56. The molecule has 0 unspecified atom stereocenters. The van der Waals surface area contributed by atoms with Gasteiger partial charge in [-0.05, 0) is 61.2 Å². The summed E-state index contributed by atoms with van der Waals surface area (Å²) < 4.78 is 7.14. The smallest absolute Gasteiger partial charge is 0.294 e. The van der Waals surface area contributed by atoms with Crippen LogP contribution in [-0.4, -0.2) is 22.2 Å². The fourth-order valence-corrected chi connectivity index (χ4v) is 3.10. The number of rotatable bonds is 8. The predicted octanol–water partition coefficient (Wildman–Crippen LogP) is 5.05. The summed E-state index contributed by atoms with van der Waals surface area (Å²) in [5.74, 6) is 1.14. The van der Waals surface area contributed by atoms with Crippen molar-refractivity contribution in [2.75, 3.05) is 11.9 Å². The summed E-state index contributed by atoms with van der Waals surface area (Å²) >= 11 is 6.09. The molecule has 0 saturated carbocycles. The molecule has 32 heavy (non-hydrogen) atoms. The van der Waals surface area contributed by atoms with Crippen molar-refractivity contribution in [3.8, 4) is 11.5 Å². The molecule has 168 valence electrons. The zero-order valence-electron chi connectivity index (χ0n) is 18.6. The third-order valence-electron chi connectivity index (χ3n) is 4.86. The Morgan fingerprint density at radius 3 is 2.72 bits per heavy atom. The molecule has 1 amide bonds. The van der Waals surface area contributed by atoms with Gasteiger partial charge in [0.2, 0.25) is 0 Å². The Labute approximate surface area is 192 Å². The van der Waals surface area contributed by atoms with Crippen LogP contribution >= 0.6 is 11.6 Å². The molecule has 0 spiro atoms. The van der Waals surface area contributed by atoms with Crippen molar-refractivity contribution in [2.24, 2.45) is 13.0 Å². The number of anilines is 2. The number of carbonyl (C=O) groups excluding carboxylic acids is 1. The number of aryl methyl sites for hydroxylation is 2. The van der Waals surface area contributed by atoms with Crippen LogP contribution < -0.4 is 20.9 Å². The van der Waals surface area contributed by atoms with E-state index in [9.17, 15) is 9.59 Å². The van der Waals surface area contributed by atoms with Crippen molar-refractivity contribution in [3.63, 3.8) is 0 Å². The molecule has 0 radical (unpaired) electrons. The molecule has 3 aromatic rings. The van der Waals surface area contributed by atoms with Gasteiger partial charge in [0, 0.05) is 29.9 Å². The Kier molecular flexibility index (Phi) is 7.53. The second-order valence-corrected chi connectivity index (χ2v) is 8.38. The van der Waals surface area contributed by atoms with Gasteiger partial charge in [0.1, 0.15) is 5.75 Å². The standard InChI is InChI=1S/C24H27ClN4O3/c1-15(2)10-11-26-23(30)17-6-5-7-18(13-17)28-22-21(14-27-29(4)24(22)31)32-19-8-9-20(25)16(3)12-19/h5-9,12-15,28H,10-11H2,1-4H3,(H,26,30). The molecular formula is C24H27ClN4O3. The Bertz CT molecular complexity index is 1170. The summed E-state index contributed by atoms with van der Waals surface area (Å²) in [5, 5.41) is 10.7. The number of hydrogen-bond acceptors (Lipinski definition) is 5. The van der Waals surface area contributed by atoms with Crippen molar-refractivity contribution in [2.45, 2.75) is 27.2 Å². The number of amides is 1. The summed E-state index contributed by atoms with van der Waals surface area (Å²) in [6.07, 6.45) is 2.37. The highest BCUT2D eigenvalue weighted by molar-refractivity contribution is 6.31. The molecule has 0 saturated heterocycles. The van der Waals surface area contributed by atoms with Crippen LogP contribution in [0, 0.1) is 12.8 Å². The number of aromatic nitrogens is 2. The van der Waals surface area contributed by atoms with E-state index in [1.807, 2.05) is 6.92 Å². The Hall–Kier alpha value is -3.32. The highest BCUT2D eigenvalue weighted by atomic mass is 35.5. The number of ether oxygens (including phenoxy) is 1. The highest BCUT2D eigenvalue weighted by Gasteiger charge is 2.14. The second-order valence-electron chi connectivity index (χ2n) is 7.97. The largest absolute Gasteiger partial charge is 0.453 e. The Morgan fingerprint density at radius 2 is 2.00 bits per heavy atom. The van der Waals surface area contributed by atoms with Crippen LogP contribution in [0.15, 0.2) is 53.5 Å². The summed E-state index contributed by atoms with van der Waals surface area (Å²) in [4.78, 5) is 25.3. The number of nitrogens with one attached hydrogen (secondary N) is 2. The third-order valence-corrected chi connectivity index (χ3v) is 5.29. The summed E-state index contributed by atoms with van der Waals surface area (Å²) in [6, 6.07) is 12.2. The molecule has 0 aliphatic heterocycles. The lowest BCUT2D eigenvalue weighted by Gasteiger charge is -2.14. The van der Waals surface area contributed by atoms with Gasteiger partial charge in [-0.1, -0.05) is 31.5 Å². The van der Waals surface area contributed by atoms with E-state index in [0.29, 0.717) is 34.5 Å². The van der Waals surface area contributed by atoms with E-state index < -0.39 is 0 Å². The quantitative estimate of drug-likeness (QED) is 0.497. The van der Waals surface area contributed by atoms with Gasteiger partial charge in [-0.25, -0.2) is 4.68 Å². The van der Waals surface area contributed by atoms with E-state index in [0.717, 1.165) is 12.0 Å². The second kappa shape index (κ2) is 10.3. The monoisotopic (exact) mass is 454 g/mol. The Morgan fingerprint density at radius 1 is 1.22 bits per heavy atom. The third kappa shape index (κ3) is 5.88. The van der Waals surface area contributed by atoms with Gasteiger partial charge in [-0.15, -0.1) is 0 Å². The van der Waals surface area contributed by atoms with E-state index in [1.54, 1.807) is 49.5 Å². The number of halogens is 1. The molecule has 8 heteroatoms. The molecule has 3 rings (SSSR count). The minimum Gasteiger partial charge on any atom is -0.453 e. The Balaban J connectivity index is 1.85. The molecule has 0 aliphatic rings. The average molecular weight is 455 g/mol. The van der Waals surface area contributed by atoms with E-state index >= 15 is 0 Å². The lowest BCUT2D eigenvalue weighted by Crippen LogP contribution is -2.25. The van der Waals surface area contributed by atoms with Crippen LogP contribution in [0.3, 0.4) is 0 Å². The first-order valence-corrected chi connectivity index (χ1v) is 10.8. The van der Waals surface area contributed by atoms with E-state index in [4.69, 9.17) is 16.3 Å². The van der Waals surface area contributed by atoms with Crippen molar-refractivity contribution in [3.05, 3.63) is 75.2 Å². The predicted molar refractivity (Wildman–Crippen MR) is 127 cm³/mol. The number of benzene rings is 2. The fourth-order valence-electron chi connectivity index (χ4n) is 2.98. The van der Waals surface area contributed by atoms with E-state index in [-0.39, 0.29) is 22.9 Å². The molecule has 1 heterocycles. The maximum Gasteiger partial charge on any atom is 0.294 e. The molecule has 2 aromatic carbocycles. The first kappa shape index (κ1) is 23.3. The van der Waals surface area contributed by atoms with Crippen LogP contribution in [-0.2, 0) is 7.05 Å². The zero-order valence-corrected chi connectivity index (χ0v) is 19.4. The van der Waals surface area contributed by atoms with Gasteiger partial charge in [0.15, 0.2) is 11.4 Å². The molecular weight excluding hydrogens is 428 g/mol. The van der Waals surface area contributed by atoms with E-state index in [1.165, 1.54) is 10.9 Å². The van der Waals surface area contributed by atoms with Crippen LogP contribution in [0.2, 0.25) is 5.02 Å². The van der Waals surface area contributed by atoms with Gasteiger partial charge in [0.05, 0.1) is 6.20 Å². The van der Waals surface area contributed by atoms with Crippen molar-refractivity contribution in [1.29, 1.82) is 0 Å². The van der Waals surface area contributed by atoms with Crippen LogP contribution in [0.25, 0.3) is 0 Å². The maximum absolute atomic E-state index is 12.8. The van der Waals surface area contributed by atoms with Crippen LogP contribution in [0.1, 0.15) is 36.2 Å². The molecule has 0 bridgehead atoms. The molecule has 7 nitrogen and oxygen atoms in total. The molecule has 1 aromatic heterocycles. The zero-order chi connectivity index (χ0) is 23.3. The van der Waals surface area contributed by atoms with Crippen molar-refractivity contribution >= 4 is 28.9 Å². The number of hydrogen-bond donors (Lipinski definition) is 2. The van der Waals surface area contributed by atoms with Gasteiger partial charge in [0.25, 0.3) is 11.5 Å². The highest BCUT2D eigenvalue weighted by Crippen LogP contribution is 2.30. The van der Waals surface area contributed by atoms with Gasteiger partial charge < -0.3 is 15.4 Å². The topological polar surface area (TPSA) is 85.2 Å². The van der Waals surface area contributed by atoms with Gasteiger partial charge >= 0.3 is 0 Å². The molecule has 0 atom stereocenters. The maximum atomic E-state index is 12.8.